The van der Waals surface area contributed by atoms with E-state index >= 15 is 0 Å². The van der Waals surface area contributed by atoms with Gasteiger partial charge < -0.3 is 16.6 Å². The van der Waals surface area contributed by atoms with Gasteiger partial charge in [0.15, 0.2) is 0 Å². The number of aliphatic carboxylic acids is 1. The molecule has 0 spiro atoms. The van der Waals surface area contributed by atoms with Crippen molar-refractivity contribution in [2.24, 2.45) is 16.5 Å². The van der Waals surface area contributed by atoms with Crippen molar-refractivity contribution in [3.63, 3.8) is 0 Å². The van der Waals surface area contributed by atoms with Gasteiger partial charge in [0.2, 0.25) is 0 Å². The molecule has 0 heterocycles. The van der Waals surface area contributed by atoms with Crippen molar-refractivity contribution < 1.29 is 18.7 Å². The van der Waals surface area contributed by atoms with Gasteiger partial charge in [-0.1, -0.05) is 6.08 Å². The Hall–Kier alpha value is -1.50. The second-order valence-electron chi connectivity index (χ2n) is 3.74. The van der Waals surface area contributed by atoms with E-state index in [4.69, 9.17) is 16.6 Å². The van der Waals surface area contributed by atoms with Crippen LogP contribution < -0.4 is 11.5 Å². The van der Waals surface area contributed by atoms with E-state index in [-0.39, 0.29) is 25.2 Å². The van der Waals surface area contributed by atoms with Crippen LogP contribution in [-0.2, 0) is 4.79 Å². The van der Waals surface area contributed by atoms with Crippen LogP contribution >= 0.6 is 0 Å². The molecule has 1 unspecified atom stereocenters. The van der Waals surface area contributed by atoms with E-state index in [1.54, 1.807) is 0 Å². The SMILES string of the molecule is CC(N)=NCC(F)=CCCC(N)(CF)C(=O)O. The quantitative estimate of drug-likeness (QED) is 0.457. The summed E-state index contributed by atoms with van der Waals surface area (Å²) in [7, 11) is 0. The molecule has 5 N–H and O–H groups in total. The average molecular weight is 249 g/mol. The highest BCUT2D eigenvalue weighted by Crippen LogP contribution is 2.13. The molecule has 0 aliphatic heterocycles. The predicted molar refractivity (Wildman–Crippen MR) is 61.1 cm³/mol. The van der Waals surface area contributed by atoms with Crippen LogP contribution in [0.4, 0.5) is 8.78 Å². The van der Waals surface area contributed by atoms with Gasteiger partial charge in [0, 0.05) is 0 Å². The van der Waals surface area contributed by atoms with Crippen molar-refractivity contribution in [3.05, 3.63) is 11.9 Å². The molecule has 5 nitrogen and oxygen atoms in total. The Bertz CT molecular complexity index is 328. The number of alkyl halides is 1. The molecule has 0 amide bonds. The number of aliphatic imine (C=N–C) groups is 1. The Labute approximate surface area is 98.2 Å². The second kappa shape index (κ2) is 6.95. The fourth-order valence-corrected chi connectivity index (χ4v) is 0.982. The van der Waals surface area contributed by atoms with E-state index in [1.807, 2.05) is 0 Å². The van der Waals surface area contributed by atoms with E-state index in [2.05, 4.69) is 4.99 Å². The van der Waals surface area contributed by atoms with Gasteiger partial charge >= 0.3 is 5.97 Å². The molecule has 17 heavy (non-hydrogen) atoms. The molecule has 98 valence electrons. The van der Waals surface area contributed by atoms with Crippen LogP contribution in [0, 0.1) is 0 Å². The summed E-state index contributed by atoms with van der Waals surface area (Å²) in [5.41, 5.74) is 8.53. The van der Waals surface area contributed by atoms with Gasteiger partial charge in [0.05, 0.1) is 12.4 Å². The monoisotopic (exact) mass is 249 g/mol. The molecule has 7 heteroatoms. The van der Waals surface area contributed by atoms with Crippen LogP contribution in [0.1, 0.15) is 19.8 Å². The summed E-state index contributed by atoms with van der Waals surface area (Å²) in [4.78, 5) is 14.2. The van der Waals surface area contributed by atoms with E-state index in [1.165, 1.54) is 6.92 Å². The summed E-state index contributed by atoms with van der Waals surface area (Å²) in [6.45, 7) is 0.117. The minimum Gasteiger partial charge on any atom is -0.480 e. The zero-order chi connectivity index (χ0) is 13.5. The molecular weight excluding hydrogens is 232 g/mol. The van der Waals surface area contributed by atoms with Crippen LogP contribution in [-0.4, -0.2) is 35.7 Å². The van der Waals surface area contributed by atoms with Gasteiger partial charge in [-0.2, -0.15) is 0 Å². The van der Waals surface area contributed by atoms with Gasteiger partial charge in [-0.3, -0.25) is 9.79 Å². The number of carboxylic acids is 1. The smallest absolute Gasteiger partial charge is 0.326 e. The van der Waals surface area contributed by atoms with Crippen molar-refractivity contribution in [2.45, 2.75) is 25.3 Å². The number of nitrogens with zero attached hydrogens (tertiary/aromatic N) is 1. The maximum absolute atomic E-state index is 13.1. The molecule has 0 saturated heterocycles. The Morgan fingerprint density at radius 3 is 2.59 bits per heavy atom. The summed E-state index contributed by atoms with van der Waals surface area (Å²) < 4.78 is 25.5. The van der Waals surface area contributed by atoms with Crippen molar-refractivity contribution in [1.82, 2.24) is 0 Å². The third-order valence-electron chi connectivity index (χ3n) is 2.10. The molecule has 1 atom stereocenters. The molecule has 0 fully saturated rings. The maximum Gasteiger partial charge on any atom is 0.326 e. The lowest BCUT2D eigenvalue weighted by Gasteiger charge is -2.19. The summed E-state index contributed by atoms with van der Waals surface area (Å²) in [6.07, 6.45) is 0.974. The lowest BCUT2D eigenvalue weighted by atomic mass is 9.96. The number of carbonyl (C=O) groups is 1. The number of rotatable bonds is 7. The van der Waals surface area contributed by atoms with Crippen LogP contribution in [0.2, 0.25) is 0 Å². The summed E-state index contributed by atoms with van der Waals surface area (Å²) in [5, 5.41) is 8.66. The molecule has 0 aromatic heterocycles. The highest BCUT2D eigenvalue weighted by molar-refractivity contribution is 5.78. The maximum atomic E-state index is 13.1. The highest BCUT2D eigenvalue weighted by atomic mass is 19.1. The first-order chi connectivity index (χ1) is 7.81. The van der Waals surface area contributed by atoms with Gasteiger partial charge in [-0.15, -0.1) is 0 Å². The van der Waals surface area contributed by atoms with Gasteiger partial charge in [0.1, 0.15) is 18.0 Å². The zero-order valence-corrected chi connectivity index (χ0v) is 9.62. The number of amidine groups is 1. The Morgan fingerprint density at radius 2 is 2.18 bits per heavy atom. The molecule has 0 radical (unpaired) electrons. The van der Waals surface area contributed by atoms with Crippen molar-refractivity contribution in [1.29, 1.82) is 0 Å². The van der Waals surface area contributed by atoms with E-state index < -0.39 is 24.0 Å². The number of hydrogen-bond acceptors (Lipinski definition) is 3. The van der Waals surface area contributed by atoms with Crippen LogP contribution in [0.25, 0.3) is 0 Å². The number of nitrogens with two attached hydrogens (primary N) is 2. The molecule has 0 saturated carbocycles. The molecule has 0 rings (SSSR count). The first-order valence-electron chi connectivity index (χ1n) is 5.01. The molecule has 0 aliphatic carbocycles. The van der Waals surface area contributed by atoms with Crippen LogP contribution in [0.5, 0.6) is 0 Å². The standard InChI is InChI=1S/C10H17F2N3O2/c1-7(13)15-5-8(12)3-2-4-10(14,6-11)9(16)17/h3H,2,4-6,14H2,1H3,(H2,13,15)(H,16,17). The first kappa shape index (κ1) is 15.5. The van der Waals surface area contributed by atoms with Crippen LogP contribution in [0.3, 0.4) is 0 Å². The topological polar surface area (TPSA) is 102 Å². The number of hydrogen-bond donors (Lipinski definition) is 3. The Kier molecular flexibility index (Phi) is 6.34. The average Bonchev–Trinajstić information content (AvgIpc) is 2.25. The lowest BCUT2D eigenvalue weighted by molar-refractivity contribution is -0.144. The Morgan fingerprint density at radius 1 is 1.59 bits per heavy atom. The van der Waals surface area contributed by atoms with E-state index in [0.29, 0.717) is 0 Å². The predicted octanol–water partition coefficient (Wildman–Crippen LogP) is 0.749. The van der Waals surface area contributed by atoms with E-state index in [0.717, 1.165) is 6.08 Å². The molecule has 0 aliphatic rings. The van der Waals surface area contributed by atoms with Gasteiger partial charge in [-0.25, -0.2) is 8.78 Å². The van der Waals surface area contributed by atoms with Gasteiger partial charge in [-0.05, 0) is 19.8 Å². The minimum atomic E-state index is -1.95. The summed E-state index contributed by atoms with van der Waals surface area (Å²) in [5.74, 6) is -1.75. The largest absolute Gasteiger partial charge is 0.480 e. The number of carboxylic acid groups (broad SMARTS) is 1. The van der Waals surface area contributed by atoms with Crippen molar-refractivity contribution >= 4 is 11.8 Å². The first-order valence-corrected chi connectivity index (χ1v) is 5.01. The van der Waals surface area contributed by atoms with E-state index in [9.17, 15) is 13.6 Å². The highest BCUT2D eigenvalue weighted by Gasteiger charge is 2.33. The summed E-state index contributed by atoms with van der Waals surface area (Å²) in [6, 6.07) is 0. The third-order valence-corrected chi connectivity index (χ3v) is 2.10. The normalized spacial score (nSPS) is 16.7. The fourth-order valence-electron chi connectivity index (χ4n) is 0.982. The number of allylic oxidation sites excluding steroid dienone is 1. The number of halogens is 2. The molecular formula is C10H17F2N3O2. The van der Waals surface area contributed by atoms with Crippen molar-refractivity contribution in [2.75, 3.05) is 13.2 Å². The zero-order valence-electron chi connectivity index (χ0n) is 9.62. The molecule has 0 bridgehead atoms. The lowest BCUT2D eigenvalue weighted by Crippen LogP contribution is -2.49. The Balaban J connectivity index is 4.25. The second-order valence-corrected chi connectivity index (χ2v) is 3.74. The third kappa shape index (κ3) is 5.96. The minimum absolute atomic E-state index is 0.0255. The molecule has 0 aromatic carbocycles. The van der Waals surface area contributed by atoms with Crippen molar-refractivity contribution in [3.8, 4) is 0 Å². The summed E-state index contributed by atoms with van der Waals surface area (Å²) >= 11 is 0. The molecule has 0 aromatic rings. The fraction of sp³-hybridized carbons (Fsp3) is 0.600. The van der Waals surface area contributed by atoms with Crippen LogP contribution in [0.15, 0.2) is 16.9 Å². The van der Waals surface area contributed by atoms with Gasteiger partial charge in [0.25, 0.3) is 0 Å².